The van der Waals surface area contributed by atoms with Crippen LogP contribution in [0.3, 0.4) is 0 Å². The zero-order valence-electron chi connectivity index (χ0n) is 7.57. The molecule has 0 amide bonds. The Bertz CT molecular complexity index is 300. The molecule has 0 heterocycles. The number of rotatable bonds is 1. The minimum Gasteiger partial charge on any atom is -0.166 e. The molecule has 3 heteroatoms. The highest BCUT2D eigenvalue weighted by molar-refractivity contribution is 5.35. The maximum absolute atomic E-state index is 12.4. The summed E-state index contributed by atoms with van der Waals surface area (Å²) in [7, 11) is 0. The van der Waals surface area contributed by atoms with Crippen LogP contribution >= 0.6 is 0 Å². The molecule has 0 fully saturated rings. The summed E-state index contributed by atoms with van der Waals surface area (Å²) in [5.74, 6) is 0. The van der Waals surface area contributed by atoms with E-state index in [1.807, 2.05) is 6.92 Å². The molecule has 0 N–H and O–H groups in total. The molecule has 72 valence electrons. The Kier molecular flexibility index (Phi) is 2.64. The van der Waals surface area contributed by atoms with Gasteiger partial charge in [-0.2, -0.15) is 13.2 Å². The minimum atomic E-state index is -4.23. The van der Waals surface area contributed by atoms with Gasteiger partial charge in [0.1, 0.15) is 0 Å². The van der Waals surface area contributed by atoms with E-state index in [2.05, 4.69) is 0 Å². The standard InChI is InChI=1S/C10H11F3/c1-3-8-5-4-6-9(7(8)2)10(11,12)13/h4-6H,3H2,1-2H3. The van der Waals surface area contributed by atoms with Crippen LogP contribution in [-0.2, 0) is 12.6 Å². The largest absolute Gasteiger partial charge is 0.416 e. The summed E-state index contributed by atoms with van der Waals surface area (Å²) in [6.07, 6.45) is -3.59. The second-order valence-corrected chi connectivity index (χ2v) is 2.94. The summed E-state index contributed by atoms with van der Waals surface area (Å²) in [4.78, 5) is 0. The van der Waals surface area contributed by atoms with Crippen LogP contribution in [0, 0.1) is 6.92 Å². The zero-order chi connectivity index (χ0) is 10.1. The fourth-order valence-corrected chi connectivity index (χ4v) is 1.37. The number of aryl methyl sites for hydroxylation is 1. The quantitative estimate of drug-likeness (QED) is 0.632. The van der Waals surface area contributed by atoms with Gasteiger partial charge in [-0.15, -0.1) is 0 Å². The van der Waals surface area contributed by atoms with E-state index in [0.29, 0.717) is 12.0 Å². The first kappa shape index (κ1) is 10.1. The van der Waals surface area contributed by atoms with E-state index in [4.69, 9.17) is 0 Å². The van der Waals surface area contributed by atoms with Gasteiger partial charge >= 0.3 is 6.18 Å². The highest BCUT2D eigenvalue weighted by Gasteiger charge is 2.32. The average Bonchev–Trinajstić information content (AvgIpc) is 2.02. The van der Waals surface area contributed by atoms with Gasteiger partial charge in [-0.3, -0.25) is 0 Å². The minimum absolute atomic E-state index is 0.345. The highest BCUT2D eigenvalue weighted by atomic mass is 19.4. The van der Waals surface area contributed by atoms with Crippen LogP contribution in [-0.4, -0.2) is 0 Å². The van der Waals surface area contributed by atoms with E-state index in [9.17, 15) is 13.2 Å². The SMILES string of the molecule is CCc1cccc(C(F)(F)F)c1C. The molecule has 0 saturated carbocycles. The molecule has 0 aliphatic heterocycles. The van der Waals surface area contributed by atoms with Gasteiger partial charge in [0.15, 0.2) is 0 Å². The first-order valence-corrected chi connectivity index (χ1v) is 4.12. The third kappa shape index (κ3) is 2.02. The Morgan fingerprint density at radius 3 is 2.31 bits per heavy atom. The smallest absolute Gasteiger partial charge is 0.166 e. The molecule has 0 aromatic heterocycles. The van der Waals surface area contributed by atoms with Crippen LogP contribution < -0.4 is 0 Å². The van der Waals surface area contributed by atoms with Crippen LogP contribution in [0.5, 0.6) is 0 Å². The monoisotopic (exact) mass is 188 g/mol. The third-order valence-electron chi connectivity index (χ3n) is 2.13. The van der Waals surface area contributed by atoms with Crippen molar-refractivity contribution in [2.75, 3.05) is 0 Å². The van der Waals surface area contributed by atoms with E-state index >= 15 is 0 Å². The molecule has 0 atom stereocenters. The molecule has 1 aromatic carbocycles. The van der Waals surface area contributed by atoms with Crippen LogP contribution in [0.1, 0.15) is 23.6 Å². The van der Waals surface area contributed by atoms with Crippen molar-refractivity contribution < 1.29 is 13.2 Å². The first-order chi connectivity index (χ1) is 5.96. The highest BCUT2D eigenvalue weighted by Crippen LogP contribution is 2.32. The van der Waals surface area contributed by atoms with Gasteiger partial charge in [0.2, 0.25) is 0 Å². The zero-order valence-corrected chi connectivity index (χ0v) is 7.57. The molecule has 0 aliphatic carbocycles. The Morgan fingerprint density at radius 1 is 1.23 bits per heavy atom. The molecule has 1 rings (SSSR count). The van der Waals surface area contributed by atoms with Crippen molar-refractivity contribution in [1.29, 1.82) is 0 Å². The van der Waals surface area contributed by atoms with E-state index in [1.54, 1.807) is 6.07 Å². The summed E-state index contributed by atoms with van der Waals surface area (Å²) >= 11 is 0. The predicted octanol–water partition coefficient (Wildman–Crippen LogP) is 3.58. The molecule has 0 saturated heterocycles. The lowest BCUT2D eigenvalue weighted by molar-refractivity contribution is -0.138. The van der Waals surface area contributed by atoms with Crippen molar-refractivity contribution >= 4 is 0 Å². The van der Waals surface area contributed by atoms with Crippen molar-refractivity contribution in [3.63, 3.8) is 0 Å². The van der Waals surface area contributed by atoms with Crippen molar-refractivity contribution in [1.82, 2.24) is 0 Å². The number of hydrogen-bond donors (Lipinski definition) is 0. The number of halogens is 3. The summed E-state index contributed by atoms with van der Waals surface area (Å²) in [6.45, 7) is 3.37. The summed E-state index contributed by atoms with van der Waals surface area (Å²) in [5, 5.41) is 0. The molecule has 0 spiro atoms. The Hall–Kier alpha value is -0.990. The predicted molar refractivity (Wildman–Crippen MR) is 45.6 cm³/mol. The van der Waals surface area contributed by atoms with Gasteiger partial charge in [-0.25, -0.2) is 0 Å². The van der Waals surface area contributed by atoms with Crippen LogP contribution in [0.15, 0.2) is 18.2 Å². The molecular formula is C10H11F3. The number of hydrogen-bond acceptors (Lipinski definition) is 0. The maximum atomic E-state index is 12.4. The lowest BCUT2D eigenvalue weighted by Crippen LogP contribution is -2.08. The van der Waals surface area contributed by atoms with E-state index in [-0.39, 0.29) is 0 Å². The topological polar surface area (TPSA) is 0 Å². The average molecular weight is 188 g/mol. The lowest BCUT2D eigenvalue weighted by Gasteiger charge is -2.12. The summed E-state index contributed by atoms with van der Waals surface area (Å²) in [6, 6.07) is 4.30. The van der Waals surface area contributed by atoms with Gasteiger partial charge in [-0.05, 0) is 30.5 Å². The molecule has 0 radical (unpaired) electrons. The molecule has 0 nitrogen and oxygen atoms in total. The second-order valence-electron chi connectivity index (χ2n) is 2.94. The summed E-state index contributed by atoms with van der Waals surface area (Å²) in [5.41, 5.74) is 0.583. The van der Waals surface area contributed by atoms with Gasteiger partial charge in [0.05, 0.1) is 5.56 Å². The summed E-state index contributed by atoms with van der Waals surface area (Å²) < 4.78 is 37.1. The second kappa shape index (κ2) is 3.40. The Labute approximate surface area is 75.4 Å². The number of alkyl halides is 3. The Balaban J connectivity index is 3.24. The maximum Gasteiger partial charge on any atom is 0.416 e. The molecular weight excluding hydrogens is 177 g/mol. The fourth-order valence-electron chi connectivity index (χ4n) is 1.37. The van der Waals surface area contributed by atoms with Crippen molar-refractivity contribution in [3.05, 3.63) is 34.9 Å². The molecule has 13 heavy (non-hydrogen) atoms. The van der Waals surface area contributed by atoms with Crippen molar-refractivity contribution in [2.45, 2.75) is 26.4 Å². The molecule has 0 aliphatic rings. The first-order valence-electron chi connectivity index (χ1n) is 4.12. The number of benzene rings is 1. The third-order valence-corrected chi connectivity index (χ3v) is 2.13. The Morgan fingerprint density at radius 2 is 1.85 bits per heavy atom. The molecule has 0 unspecified atom stereocenters. The van der Waals surface area contributed by atoms with Crippen molar-refractivity contribution in [2.24, 2.45) is 0 Å². The molecule has 0 bridgehead atoms. The fraction of sp³-hybridized carbons (Fsp3) is 0.400. The molecule has 1 aromatic rings. The van der Waals surface area contributed by atoms with Gasteiger partial charge in [-0.1, -0.05) is 19.1 Å². The van der Waals surface area contributed by atoms with Crippen LogP contribution in [0.2, 0.25) is 0 Å². The van der Waals surface area contributed by atoms with Crippen LogP contribution in [0.25, 0.3) is 0 Å². The van der Waals surface area contributed by atoms with E-state index in [0.717, 1.165) is 11.6 Å². The van der Waals surface area contributed by atoms with E-state index in [1.165, 1.54) is 13.0 Å². The van der Waals surface area contributed by atoms with E-state index < -0.39 is 11.7 Å². The van der Waals surface area contributed by atoms with Gasteiger partial charge < -0.3 is 0 Å². The normalized spacial score (nSPS) is 11.8. The van der Waals surface area contributed by atoms with Crippen molar-refractivity contribution in [3.8, 4) is 0 Å². The van der Waals surface area contributed by atoms with Crippen LogP contribution in [0.4, 0.5) is 13.2 Å². The van der Waals surface area contributed by atoms with Gasteiger partial charge in [0, 0.05) is 0 Å². The van der Waals surface area contributed by atoms with Gasteiger partial charge in [0.25, 0.3) is 0 Å². The lowest BCUT2D eigenvalue weighted by atomic mass is 10.0.